The van der Waals surface area contributed by atoms with E-state index in [2.05, 4.69) is 5.32 Å². The molecule has 0 saturated carbocycles. The van der Waals surface area contributed by atoms with Crippen LogP contribution in [0.1, 0.15) is 26.3 Å². The van der Waals surface area contributed by atoms with Gasteiger partial charge in [-0.3, -0.25) is 4.79 Å². The van der Waals surface area contributed by atoms with Gasteiger partial charge in [-0.05, 0) is 44.0 Å². The van der Waals surface area contributed by atoms with Gasteiger partial charge in [-0.2, -0.15) is 0 Å². The van der Waals surface area contributed by atoms with Gasteiger partial charge in [-0.1, -0.05) is 6.07 Å². The molecule has 0 radical (unpaired) electrons. The van der Waals surface area contributed by atoms with E-state index < -0.39 is 11.6 Å². The van der Waals surface area contributed by atoms with Crippen LogP contribution >= 0.6 is 0 Å². The number of carbonyl (C=O) groups excluding carboxylic acids is 1. The summed E-state index contributed by atoms with van der Waals surface area (Å²) in [5.74, 6) is -0.648. The first-order chi connectivity index (χ1) is 8.79. The second-order valence-corrected chi connectivity index (χ2v) is 4.94. The number of carboxylic acids is 1. The molecule has 0 fully saturated rings. The smallest absolute Gasteiger partial charge is 0.328 e. The number of rotatable bonds is 2. The Morgan fingerprint density at radius 1 is 1.42 bits per heavy atom. The molecule has 5 heteroatoms. The second kappa shape index (κ2) is 4.42. The van der Waals surface area contributed by atoms with Crippen LogP contribution in [0.2, 0.25) is 0 Å². The van der Waals surface area contributed by atoms with E-state index >= 15 is 0 Å². The van der Waals surface area contributed by atoms with Crippen molar-refractivity contribution in [3.63, 3.8) is 0 Å². The molecule has 1 aromatic rings. The van der Waals surface area contributed by atoms with E-state index in [1.54, 1.807) is 39.0 Å². The van der Waals surface area contributed by atoms with Gasteiger partial charge < -0.3 is 15.2 Å². The summed E-state index contributed by atoms with van der Waals surface area (Å²) in [4.78, 5) is 22.4. The van der Waals surface area contributed by atoms with Gasteiger partial charge in [0.05, 0.1) is 5.69 Å². The topological polar surface area (TPSA) is 75.6 Å². The van der Waals surface area contributed by atoms with Gasteiger partial charge in [0.25, 0.3) is 5.91 Å². The van der Waals surface area contributed by atoms with Crippen molar-refractivity contribution in [2.45, 2.75) is 26.4 Å². The first-order valence-corrected chi connectivity index (χ1v) is 5.86. The number of amides is 1. The average Bonchev–Trinajstić information content (AvgIpc) is 2.28. The van der Waals surface area contributed by atoms with E-state index in [1.807, 2.05) is 0 Å². The number of hydrogen-bond acceptors (Lipinski definition) is 3. The molecule has 5 nitrogen and oxygen atoms in total. The van der Waals surface area contributed by atoms with Crippen molar-refractivity contribution in [2.75, 3.05) is 5.32 Å². The second-order valence-electron chi connectivity index (χ2n) is 4.94. The summed E-state index contributed by atoms with van der Waals surface area (Å²) in [6, 6.07) is 5.20. The van der Waals surface area contributed by atoms with Crippen LogP contribution in [0.25, 0.3) is 5.57 Å². The van der Waals surface area contributed by atoms with Gasteiger partial charge >= 0.3 is 5.97 Å². The molecule has 0 aliphatic carbocycles. The first-order valence-electron chi connectivity index (χ1n) is 5.86. The monoisotopic (exact) mass is 261 g/mol. The van der Waals surface area contributed by atoms with Crippen molar-refractivity contribution in [2.24, 2.45) is 0 Å². The fraction of sp³-hybridized carbons (Fsp3) is 0.286. The zero-order valence-electron chi connectivity index (χ0n) is 11.0. The van der Waals surface area contributed by atoms with Crippen LogP contribution in [0.5, 0.6) is 5.75 Å². The molecule has 1 aromatic carbocycles. The number of aliphatic carboxylic acids is 1. The van der Waals surface area contributed by atoms with Crippen LogP contribution in [0, 0.1) is 0 Å². The number of carbonyl (C=O) groups is 2. The molecule has 0 aromatic heterocycles. The van der Waals surface area contributed by atoms with Gasteiger partial charge in [0, 0.05) is 6.08 Å². The third kappa shape index (κ3) is 2.59. The Morgan fingerprint density at radius 2 is 2.11 bits per heavy atom. The van der Waals surface area contributed by atoms with Crippen molar-refractivity contribution < 1.29 is 19.4 Å². The van der Waals surface area contributed by atoms with Crippen molar-refractivity contribution >= 4 is 23.1 Å². The molecule has 100 valence electrons. The molecule has 19 heavy (non-hydrogen) atoms. The molecule has 0 spiro atoms. The molecule has 2 rings (SSSR count). The summed E-state index contributed by atoms with van der Waals surface area (Å²) in [7, 11) is 0. The molecule has 0 saturated heterocycles. The van der Waals surface area contributed by atoms with Gasteiger partial charge in [-0.15, -0.1) is 0 Å². The Bertz CT molecular complexity index is 587. The Kier molecular flexibility index (Phi) is 3.06. The third-order valence-electron chi connectivity index (χ3n) is 2.94. The minimum Gasteiger partial charge on any atom is -0.478 e. The number of allylic oxidation sites excluding steroid dienone is 1. The summed E-state index contributed by atoms with van der Waals surface area (Å²) in [5.41, 5.74) is 0.986. The van der Waals surface area contributed by atoms with E-state index in [-0.39, 0.29) is 5.91 Å². The lowest BCUT2D eigenvalue weighted by molar-refractivity contribution is -0.131. The molecule has 0 unspecified atom stereocenters. The van der Waals surface area contributed by atoms with E-state index in [9.17, 15) is 9.59 Å². The number of benzene rings is 1. The fourth-order valence-electron chi connectivity index (χ4n) is 1.82. The van der Waals surface area contributed by atoms with Gasteiger partial charge in [0.15, 0.2) is 5.60 Å². The molecule has 1 amide bonds. The maximum atomic E-state index is 11.8. The summed E-state index contributed by atoms with van der Waals surface area (Å²) in [6.45, 7) is 5.08. The lowest BCUT2D eigenvalue weighted by atomic mass is 10.0. The van der Waals surface area contributed by atoms with Crippen LogP contribution in [-0.4, -0.2) is 22.6 Å². The van der Waals surface area contributed by atoms with Crippen LogP contribution < -0.4 is 10.1 Å². The summed E-state index contributed by atoms with van der Waals surface area (Å²) < 4.78 is 5.60. The molecular formula is C14H15NO4. The minimum atomic E-state index is -1.00. The lowest BCUT2D eigenvalue weighted by Gasteiger charge is -2.31. The van der Waals surface area contributed by atoms with E-state index in [0.717, 1.165) is 11.6 Å². The molecule has 0 atom stereocenters. The van der Waals surface area contributed by atoms with E-state index in [4.69, 9.17) is 9.84 Å². The van der Waals surface area contributed by atoms with Crippen LogP contribution in [0.4, 0.5) is 5.69 Å². The normalized spacial score (nSPS) is 17.2. The van der Waals surface area contributed by atoms with E-state index in [0.29, 0.717) is 17.0 Å². The largest absolute Gasteiger partial charge is 0.478 e. The van der Waals surface area contributed by atoms with Crippen molar-refractivity contribution in [1.82, 2.24) is 0 Å². The standard InChI is InChI=1S/C14H15NO4/c1-8(6-12(16)17)9-4-5-11-10(7-9)15-13(18)14(2,3)19-11/h4-7H,1-3H3,(H,15,18)(H,16,17)/b8-6+. The van der Waals surface area contributed by atoms with E-state index in [1.165, 1.54) is 0 Å². The molecule has 1 aliphatic heterocycles. The summed E-state index contributed by atoms with van der Waals surface area (Å²) in [6.07, 6.45) is 1.12. The van der Waals surface area contributed by atoms with Crippen molar-refractivity contribution in [3.05, 3.63) is 29.8 Å². The molecule has 1 heterocycles. The summed E-state index contributed by atoms with van der Waals surface area (Å²) >= 11 is 0. The highest BCUT2D eigenvalue weighted by Crippen LogP contribution is 2.35. The number of anilines is 1. The van der Waals surface area contributed by atoms with Crippen molar-refractivity contribution in [1.29, 1.82) is 0 Å². The Balaban J connectivity index is 2.39. The zero-order valence-corrected chi connectivity index (χ0v) is 11.0. The Hall–Kier alpha value is -2.30. The van der Waals surface area contributed by atoms with Crippen molar-refractivity contribution in [3.8, 4) is 5.75 Å². The number of nitrogens with one attached hydrogen (secondary N) is 1. The van der Waals surface area contributed by atoms with Gasteiger partial charge in [0.2, 0.25) is 0 Å². The zero-order chi connectivity index (χ0) is 14.2. The highest BCUT2D eigenvalue weighted by molar-refractivity contribution is 6.00. The SMILES string of the molecule is C/C(=C\C(=O)O)c1ccc2c(c1)NC(=O)C(C)(C)O2. The Morgan fingerprint density at radius 3 is 2.74 bits per heavy atom. The maximum absolute atomic E-state index is 11.8. The van der Waals surface area contributed by atoms with Gasteiger partial charge in [-0.25, -0.2) is 4.79 Å². The third-order valence-corrected chi connectivity index (χ3v) is 2.94. The van der Waals surface area contributed by atoms with Gasteiger partial charge in [0.1, 0.15) is 5.75 Å². The average molecular weight is 261 g/mol. The lowest BCUT2D eigenvalue weighted by Crippen LogP contribution is -2.45. The van der Waals surface area contributed by atoms with Crippen LogP contribution in [0.15, 0.2) is 24.3 Å². The predicted molar refractivity (Wildman–Crippen MR) is 71.1 cm³/mol. The highest BCUT2D eigenvalue weighted by atomic mass is 16.5. The fourth-order valence-corrected chi connectivity index (χ4v) is 1.82. The maximum Gasteiger partial charge on any atom is 0.328 e. The van der Waals surface area contributed by atoms with Crippen LogP contribution in [-0.2, 0) is 9.59 Å². The first kappa shape index (κ1) is 13.1. The van der Waals surface area contributed by atoms with Crippen LogP contribution in [0.3, 0.4) is 0 Å². The molecule has 0 bridgehead atoms. The predicted octanol–water partition coefficient (Wildman–Crippen LogP) is 2.28. The number of fused-ring (bicyclic) bond motifs is 1. The number of carboxylic acid groups (broad SMARTS) is 1. The molecular weight excluding hydrogens is 246 g/mol. The highest BCUT2D eigenvalue weighted by Gasteiger charge is 2.35. The minimum absolute atomic E-state index is 0.225. The quantitative estimate of drug-likeness (QED) is 0.801. The Labute approximate surface area is 110 Å². The molecule has 2 N–H and O–H groups in total. The molecule has 1 aliphatic rings. The number of hydrogen-bond donors (Lipinski definition) is 2. The number of ether oxygens (including phenoxy) is 1. The summed E-state index contributed by atoms with van der Waals surface area (Å²) in [5, 5.41) is 11.5.